The maximum absolute atomic E-state index is 12.4. The Morgan fingerprint density at radius 2 is 1.65 bits per heavy atom. The summed E-state index contributed by atoms with van der Waals surface area (Å²) >= 11 is 0. The van der Waals surface area contributed by atoms with Crippen LogP contribution >= 0.6 is 0 Å². The molecular weight excluding hydrogens is 328 g/mol. The number of hydrogen-bond donors (Lipinski definition) is 1. The normalized spacial score (nSPS) is 16.5. The van der Waals surface area contributed by atoms with E-state index in [2.05, 4.69) is 22.3 Å². The zero-order chi connectivity index (χ0) is 17.8. The number of fused-ring (bicyclic) bond motifs is 1. The first kappa shape index (κ1) is 16.9. The number of likely N-dealkylation sites (tertiary alicyclic amines) is 1. The van der Waals surface area contributed by atoms with Gasteiger partial charge in [0.15, 0.2) is 11.5 Å². The van der Waals surface area contributed by atoms with E-state index in [1.54, 1.807) is 0 Å². The minimum atomic E-state index is -0.0628. The second-order valence-corrected chi connectivity index (χ2v) is 6.90. The SMILES string of the molecule is O=C(NCc1ccc2c(c1)OCO2)c1ccc(CN2CCCCC2)cc1. The van der Waals surface area contributed by atoms with Gasteiger partial charge in [0.1, 0.15) is 0 Å². The van der Waals surface area contributed by atoms with Gasteiger partial charge < -0.3 is 14.8 Å². The van der Waals surface area contributed by atoms with Crippen LogP contribution in [0.2, 0.25) is 0 Å². The van der Waals surface area contributed by atoms with E-state index >= 15 is 0 Å². The average molecular weight is 352 g/mol. The summed E-state index contributed by atoms with van der Waals surface area (Å²) in [6.45, 7) is 4.05. The molecule has 1 saturated heterocycles. The molecule has 2 aliphatic rings. The van der Waals surface area contributed by atoms with Crippen LogP contribution in [-0.2, 0) is 13.1 Å². The molecule has 5 heteroatoms. The maximum Gasteiger partial charge on any atom is 0.251 e. The van der Waals surface area contributed by atoms with Crippen LogP contribution in [0.15, 0.2) is 42.5 Å². The number of rotatable bonds is 5. The molecule has 2 aromatic rings. The quantitative estimate of drug-likeness (QED) is 0.897. The Balaban J connectivity index is 1.31. The Morgan fingerprint density at radius 3 is 2.46 bits per heavy atom. The average Bonchev–Trinajstić information content (AvgIpc) is 3.15. The molecule has 2 heterocycles. The number of nitrogens with one attached hydrogen (secondary N) is 1. The molecule has 1 fully saturated rings. The van der Waals surface area contributed by atoms with Crippen molar-refractivity contribution in [2.75, 3.05) is 19.9 Å². The van der Waals surface area contributed by atoms with Crippen molar-refractivity contribution in [3.8, 4) is 11.5 Å². The van der Waals surface area contributed by atoms with E-state index in [9.17, 15) is 4.79 Å². The third kappa shape index (κ3) is 3.99. The smallest absolute Gasteiger partial charge is 0.251 e. The molecule has 0 radical (unpaired) electrons. The minimum Gasteiger partial charge on any atom is -0.454 e. The fourth-order valence-corrected chi connectivity index (χ4v) is 3.47. The number of nitrogens with zero attached hydrogens (tertiary/aromatic N) is 1. The van der Waals surface area contributed by atoms with Crippen molar-refractivity contribution in [1.82, 2.24) is 10.2 Å². The van der Waals surface area contributed by atoms with Crippen molar-refractivity contribution in [1.29, 1.82) is 0 Å². The van der Waals surface area contributed by atoms with Crippen LogP contribution in [-0.4, -0.2) is 30.7 Å². The summed E-state index contributed by atoms with van der Waals surface area (Å²) in [6.07, 6.45) is 3.93. The lowest BCUT2D eigenvalue weighted by atomic mass is 10.1. The van der Waals surface area contributed by atoms with Crippen LogP contribution < -0.4 is 14.8 Å². The van der Waals surface area contributed by atoms with E-state index in [0.717, 1.165) is 23.6 Å². The predicted octanol–water partition coefficient (Wildman–Crippen LogP) is 3.33. The first-order valence-electron chi connectivity index (χ1n) is 9.26. The molecule has 1 N–H and O–H groups in total. The summed E-state index contributed by atoms with van der Waals surface area (Å²) in [4.78, 5) is 14.9. The second-order valence-electron chi connectivity index (χ2n) is 6.90. The predicted molar refractivity (Wildman–Crippen MR) is 99.3 cm³/mol. The Morgan fingerprint density at radius 1 is 0.923 bits per heavy atom. The van der Waals surface area contributed by atoms with Gasteiger partial charge in [0.2, 0.25) is 6.79 Å². The molecule has 0 aliphatic carbocycles. The minimum absolute atomic E-state index is 0.0628. The largest absolute Gasteiger partial charge is 0.454 e. The van der Waals surface area contributed by atoms with E-state index in [1.807, 2.05) is 30.3 Å². The van der Waals surface area contributed by atoms with Gasteiger partial charge in [-0.2, -0.15) is 0 Å². The van der Waals surface area contributed by atoms with Gasteiger partial charge in [-0.25, -0.2) is 0 Å². The summed E-state index contributed by atoms with van der Waals surface area (Å²) in [5.41, 5.74) is 2.94. The van der Waals surface area contributed by atoms with Gasteiger partial charge in [0, 0.05) is 18.7 Å². The number of ether oxygens (including phenoxy) is 2. The fourth-order valence-electron chi connectivity index (χ4n) is 3.47. The van der Waals surface area contributed by atoms with E-state index < -0.39 is 0 Å². The Bertz CT molecular complexity index is 767. The highest BCUT2D eigenvalue weighted by molar-refractivity contribution is 5.94. The van der Waals surface area contributed by atoms with Gasteiger partial charge in [-0.1, -0.05) is 24.6 Å². The van der Waals surface area contributed by atoms with Crippen LogP contribution in [0, 0.1) is 0 Å². The molecule has 0 aromatic heterocycles. The van der Waals surface area contributed by atoms with Crippen LogP contribution in [0.3, 0.4) is 0 Å². The molecule has 1 amide bonds. The van der Waals surface area contributed by atoms with Gasteiger partial charge in [0.05, 0.1) is 0 Å². The van der Waals surface area contributed by atoms with Crippen molar-refractivity contribution in [3.63, 3.8) is 0 Å². The zero-order valence-electron chi connectivity index (χ0n) is 14.9. The highest BCUT2D eigenvalue weighted by Crippen LogP contribution is 2.32. The van der Waals surface area contributed by atoms with E-state index in [1.165, 1.54) is 37.9 Å². The first-order valence-corrected chi connectivity index (χ1v) is 9.26. The maximum atomic E-state index is 12.4. The van der Waals surface area contributed by atoms with Crippen molar-refractivity contribution >= 4 is 5.91 Å². The number of carbonyl (C=O) groups is 1. The fraction of sp³-hybridized carbons (Fsp3) is 0.381. The number of piperidine rings is 1. The molecule has 0 atom stereocenters. The monoisotopic (exact) mass is 352 g/mol. The van der Waals surface area contributed by atoms with Gasteiger partial charge in [0.25, 0.3) is 5.91 Å². The van der Waals surface area contributed by atoms with E-state index in [4.69, 9.17) is 9.47 Å². The topological polar surface area (TPSA) is 50.8 Å². The molecule has 26 heavy (non-hydrogen) atoms. The molecule has 136 valence electrons. The standard InChI is InChI=1S/C21H24N2O3/c24-21(22-13-17-6-9-19-20(12-17)26-15-25-19)18-7-4-16(5-8-18)14-23-10-2-1-3-11-23/h4-9,12H,1-3,10-11,13-15H2,(H,22,24). The molecule has 4 rings (SSSR count). The lowest BCUT2D eigenvalue weighted by Crippen LogP contribution is -2.29. The number of carbonyl (C=O) groups excluding carboxylic acids is 1. The van der Waals surface area contributed by atoms with Gasteiger partial charge in [-0.05, 0) is 61.3 Å². The molecule has 2 aromatic carbocycles. The summed E-state index contributed by atoms with van der Waals surface area (Å²) in [5.74, 6) is 1.43. The molecule has 0 spiro atoms. The summed E-state index contributed by atoms with van der Waals surface area (Å²) in [5, 5.41) is 2.96. The summed E-state index contributed by atoms with van der Waals surface area (Å²) in [6, 6.07) is 13.7. The highest BCUT2D eigenvalue weighted by Gasteiger charge is 2.14. The lowest BCUT2D eigenvalue weighted by molar-refractivity contribution is 0.0951. The zero-order valence-corrected chi connectivity index (χ0v) is 14.9. The molecule has 5 nitrogen and oxygen atoms in total. The van der Waals surface area contributed by atoms with E-state index in [-0.39, 0.29) is 12.7 Å². The van der Waals surface area contributed by atoms with Crippen molar-refractivity contribution in [3.05, 3.63) is 59.2 Å². The second kappa shape index (κ2) is 7.79. The Labute approximate surface area is 153 Å². The number of amides is 1. The number of hydrogen-bond acceptors (Lipinski definition) is 4. The number of benzene rings is 2. The summed E-state index contributed by atoms with van der Waals surface area (Å²) < 4.78 is 10.7. The Hall–Kier alpha value is -2.53. The third-order valence-electron chi connectivity index (χ3n) is 4.96. The molecule has 2 aliphatic heterocycles. The highest BCUT2D eigenvalue weighted by atomic mass is 16.7. The van der Waals surface area contributed by atoms with Crippen LogP contribution in [0.1, 0.15) is 40.7 Å². The molecular formula is C21H24N2O3. The van der Waals surface area contributed by atoms with E-state index in [0.29, 0.717) is 12.1 Å². The third-order valence-corrected chi connectivity index (χ3v) is 4.96. The van der Waals surface area contributed by atoms with Crippen LogP contribution in [0.5, 0.6) is 11.5 Å². The Kier molecular flexibility index (Phi) is 5.07. The molecule has 0 saturated carbocycles. The van der Waals surface area contributed by atoms with Crippen molar-refractivity contribution in [2.24, 2.45) is 0 Å². The molecule has 0 bridgehead atoms. The van der Waals surface area contributed by atoms with Gasteiger partial charge in [-0.15, -0.1) is 0 Å². The van der Waals surface area contributed by atoms with Crippen molar-refractivity contribution < 1.29 is 14.3 Å². The van der Waals surface area contributed by atoms with Crippen molar-refractivity contribution in [2.45, 2.75) is 32.4 Å². The van der Waals surface area contributed by atoms with Crippen LogP contribution in [0.4, 0.5) is 0 Å². The molecule has 0 unspecified atom stereocenters. The van der Waals surface area contributed by atoms with Gasteiger partial charge in [-0.3, -0.25) is 9.69 Å². The van der Waals surface area contributed by atoms with Gasteiger partial charge >= 0.3 is 0 Å². The summed E-state index contributed by atoms with van der Waals surface area (Å²) in [7, 11) is 0. The lowest BCUT2D eigenvalue weighted by Gasteiger charge is -2.26. The first-order chi connectivity index (χ1) is 12.8. The van der Waals surface area contributed by atoms with Crippen LogP contribution in [0.25, 0.3) is 0 Å².